The molecule has 0 spiro atoms. The average Bonchev–Trinajstić information content (AvgIpc) is 1.87. The van der Waals surface area contributed by atoms with E-state index in [1.807, 2.05) is 0 Å². The van der Waals surface area contributed by atoms with Crippen LogP contribution in [0.1, 0.15) is 13.8 Å². The molecule has 0 aliphatic carbocycles. The molecule has 60 valence electrons. The van der Waals surface area contributed by atoms with Crippen LogP contribution in [0.4, 0.5) is 0 Å². The van der Waals surface area contributed by atoms with E-state index in [4.69, 9.17) is 10.8 Å². The van der Waals surface area contributed by atoms with Crippen LogP contribution in [-0.4, -0.2) is 29.7 Å². The molecular weight excluding hydrogens is 132 g/mol. The normalized spacial score (nSPS) is 11.2. The first-order valence-electron chi connectivity index (χ1n) is 3.14. The average molecular weight is 146 g/mol. The summed E-state index contributed by atoms with van der Waals surface area (Å²) in [4.78, 5) is 10.6. The van der Waals surface area contributed by atoms with Gasteiger partial charge in [0.25, 0.3) is 0 Å². The molecule has 4 N–H and O–H groups in total. The summed E-state index contributed by atoms with van der Waals surface area (Å²) in [6, 6.07) is 0. The summed E-state index contributed by atoms with van der Waals surface area (Å²) < 4.78 is 0. The van der Waals surface area contributed by atoms with E-state index in [1.165, 1.54) is 0 Å². The monoisotopic (exact) mass is 146 g/mol. The van der Waals surface area contributed by atoms with E-state index in [1.54, 1.807) is 13.8 Å². The van der Waals surface area contributed by atoms with Crippen molar-refractivity contribution in [2.45, 2.75) is 19.4 Å². The highest BCUT2D eigenvalue weighted by atomic mass is 16.3. The number of hydrogen-bond acceptors (Lipinski definition) is 3. The van der Waals surface area contributed by atoms with Gasteiger partial charge in [-0.3, -0.25) is 4.79 Å². The van der Waals surface area contributed by atoms with E-state index in [0.29, 0.717) is 0 Å². The van der Waals surface area contributed by atoms with Gasteiger partial charge in [-0.25, -0.2) is 0 Å². The van der Waals surface area contributed by atoms with E-state index in [-0.39, 0.29) is 19.1 Å². The Kier molecular flexibility index (Phi) is 3.32. The summed E-state index contributed by atoms with van der Waals surface area (Å²) in [5.41, 5.74) is 4.48. The van der Waals surface area contributed by atoms with Crippen LogP contribution < -0.4 is 11.1 Å². The number of carbonyl (C=O) groups is 1. The highest BCUT2D eigenvalue weighted by molar-refractivity contribution is 5.78. The molecule has 0 aromatic carbocycles. The molecule has 0 heterocycles. The molecular formula is C6H14N2O2. The van der Waals surface area contributed by atoms with Crippen molar-refractivity contribution >= 4 is 5.91 Å². The summed E-state index contributed by atoms with van der Waals surface area (Å²) >= 11 is 0. The number of aliphatic hydroxyl groups is 1. The maximum atomic E-state index is 10.6. The third kappa shape index (κ3) is 3.42. The Labute approximate surface area is 60.4 Å². The molecule has 0 saturated carbocycles. The summed E-state index contributed by atoms with van der Waals surface area (Å²) in [5, 5.41) is 11.2. The maximum absolute atomic E-state index is 10.6. The van der Waals surface area contributed by atoms with Gasteiger partial charge in [0.2, 0.25) is 5.91 Å². The Balaban J connectivity index is 3.76. The third-order valence-electron chi connectivity index (χ3n) is 1.06. The van der Waals surface area contributed by atoms with Gasteiger partial charge in [0, 0.05) is 0 Å². The Morgan fingerprint density at radius 1 is 1.70 bits per heavy atom. The molecule has 0 rings (SSSR count). The molecule has 0 aliphatic rings. The van der Waals surface area contributed by atoms with Gasteiger partial charge in [0.05, 0.1) is 18.7 Å². The van der Waals surface area contributed by atoms with Gasteiger partial charge in [-0.15, -0.1) is 0 Å². The number of rotatable bonds is 3. The Bertz CT molecular complexity index is 123. The topological polar surface area (TPSA) is 75.3 Å². The van der Waals surface area contributed by atoms with E-state index in [0.717, 1.165) is 0 Å². The van der Waals surface area contributed by atoms with Crippen molar-refractivity contribution in [3.8, 4) is 0 Å². The molecule has 0 atom stereocenters. The number of nitrogens with one attached hydrogen (secondary N) is 1. The molecule has 0 aromatic heterocycles. The van der Waals surface area contributed by atoms with E-state index in [9.17, 15) is 4.79 Å². The zero-order chi connectivity index (χ0) is 8.20. The van der Waals surface area contributed by atoms with Crippen LogP contribution in [-0.2, 0) is 4.79 Å². The molecule has 4 heteroatoms. The second-order valence-corrected chi connectivity index (χ2v) is 2.79. The molecule has 4 nitrogen and oxygen atoms in total. The minimum atomic E-state index is -0.559. The van der Waals surface area contributed by atoms with Crippen LogP contribution in [0.15, 0.2) is 0 Å². The minimum absolute atomic E-state index is 0.0383. The lowest BCUT2D eigenvalue weighted by Gasteiger charge is -2.22. The number of aliphatic hydroxyl groups excluding tert-OH is 1. The molecule has 0 aromatic rings. The summed E-state index contributed by atoms with van der Waals surface area (Å²) in [7, 11) is 0. The highest BCUT2D eigenvalue weighted by Gasteiger charge is 2.17. The van der Waals surface area contributed by atoms with Gasteiger partial charge in [-0.1, -0.05) is 0 Å². The lowest BCUT2D eigenvalue weighted by Crippen LogP contribution is -2.48. The van der Waals surface area contributed by atoms with Crippen molar-refractivity contribution in [3.05, 3.63) is 0 Å². The van der Waals surface area contributed by atoms with Crippen molar-refractivity contribution in [1.82, 2.24) is 5.32 Å². The number of hydrogen-bond donors (Lipinski definition) is 3. The van der Waals surface area contributed by atoms with Gasteiger partial charge < -0.3 is 16.2 Å². The third-order valence-corrected chi connectivity index (χ3v) is 1.06. The molecule has 0 aliphatic heterocycles. The smallest absolute Gasteiger partial charge is 0.234 e. The first-order valence-corrected chi connectivity index (χ1v) is 3.14. The summed E-state index contributed by atoms with van der Waals surface area (Å²) in [6.07, 6.45) is 0. The van der Waals surface area contributed by atoms with Crippen molar-refractivity contribution in [2.75, 3.05) is 13.2 Å². The van der Waals surface area contributed by atoms with E-state index < -0.39 is 5.54 Å². The predicted octanol–water partition coefficient (Wildman–Crippen LogP) is -1.17. The second kappa shape index (κ2) is 3.53. The maximum Gasteiger partial charge on any atom is 0.234 e. The molecule has 0 fully saturated rings. The van der Waals surface area contributed by atoms with Crippen LogP contribution in [0.2, 0.25) is 0 Å². The van der Waals surface area contributed by atoms with Crippen LogP contribution in [0.5, 0.6) is 0 Å². The summed E-state index contributed by atoms with van der Waals surface area (Å²) in [5.74, 6) is -0.251. The predicted molar refractivity (Wildman–Crippen MR) is 38.4 cm³/mol. The van der Waals surface area contributed by atoms with E-state index >= 15 is 0 Å². The fraction of sp³-hybridized carbons (Fsp3) is 0.833. The molecule has 1 amide bonds. The highest BCUT2D eigenvalue weighted by Crippen LogP contribution is 1.97. The Hall–Kier alpha value is -0.610. The second-order valence-electron chi connectivity index (χ2n) is 2.79. The lowest BCUT2D eigenvalue weighted by atomic mass is 10.1. The van der Waals surface area contributed by atoms with E-state index in [2.05, 4.69) is 5.32 Å². The number of amides is 1. The number of nitrogens with two attached hydrogens (primary N) is 1. The molecule has 0 bridgehead atoms. The first kappa shape index (κ1) is 9.39. The first-order chi connectivity index (χ1) is 4.52. The Morgan fingerprint density at radius 2 is 2.20 bits per heavy atom. The van der Waals surface area contributed by atoms with Crippen molar-refractivity contribution < 1.29 is 9.90 Å². The Morgan fingerprint density at radius 3 is 2.50 bits per heavy atom. The zero-order valence-corrected chi connectivity index (χ0v) is 6.35. The molecule has 0 unspecified atom stereocenters. The van der Waals surface area contributed by atoms with Crippen LogP contribution >= 0.6 is 0 Å². The van der Waals surface area contributed by atoms with Crippen molar-refractivity contribution in [1.29, 1.82) is 0 Å². The minimum Gasteiger partial charge on any atom is -0.394 e. The fourth-order valence-corrected chi connectivity index (χ4v) is 0.468. The quantitative estimate of drug-likeness (QED) is 0.469. The van der Waals surface area contributed by atoms with Gasteiger partial charge in [-0.05, 0) is 13.8 Å². The lowest BCUT2D eigenvalue weighted by molar-refractivity contribution is -0.121. The fourth-order valence-electron chi connectivity index (χ4n) is 0.468. The standard InChI is InChI=1S/C6H14N2O2/c1-6(2,4-9)8-5(10)3-7/h9H,3-4,7H2,1-2H3,(H,8,10). The molecule has 0 saturated heterocycles. The van der Waals surface area contributed by atoms with Gasteiger partial charge in [-0.2, -0.15) is 0 Å². The SMILES string of the molecule is CC(C)(CO)NC(=O)CN. The van der Waals surface area contributed by atoms with Crippen molar-refractivity contribution in [2.24, 2.45) is 5.73 Å². The van der Waals surface area contributed by atoms with Crippen LogP contribution in [0, 0.1) is 0 Å². The zero-order valence-electron chi connectivity index (χ0n) is 6.35. The van der Waals surface area contributed by atoms with Crippen LogP contribution in [0.25, 0.3) is 0 Å². The summed E-state index contributed by atoms with van der Waals surface area (Å²) in [6.45, 7) is 3.32. The van der Waals surface area contributed by atoms with Gasteiger partial charge >= 0.3 is 0 Å². The molecule has 0 radical (unpaired) electrons. The van der Waals surface area contributed by atoms with Crippen LogP contribution in [0.3, 0.4) is 0 Å². The van der Waals surface area contributed by atoms with Gasteiger partial charge in [0.15, 0.2) is 0 Å². The van der Waals surface area contributed by atoms with Crippen molar-refractivity contribution in [3.63, 3.8) is 0 Å². The number of carbonyl (C=O) groups excluding carboxylic acids is 1. The van der Waals surface area contributed by atoms with Gasteiger partial charge in [0.1, 0.15) is 0 Å². The molecule has 10 heavy (non-hydrogen) atoms. The largest absolute Gasteiger partial charge is 0.394 e.